The fourth-order valence-electron chi connectivity index (χ4n) is 0.752. The van der Waals surface area contributed by atoms with Gasteiger partial charge in [-0.1, -0.05) is 6.92 Å². The molecule has 0 aromatic rings. The Morgan fingerprint density at radius 3 is 2.30 bits per heavy atom. The fourth-order valence-corrected chi connectivity index (χ4v) is 0.752. The molecule has 0 aromatic heterocycles. The summed E-state index contributed by atoms with van der Waals surface area (Å²) in [4.78, 5) is 2.11. The Morgan fingerprint density at radius 1 is 1.40 bits per heavy atom. The molecule has 0 heterocycles. The van der Waals surface area contributed by atoms with Crippen LogP contribution in [-0.2, 0) is 0 Å². The Kier molecular flexibility index (Phi) is 13.3. The third kappa shape index (κ3) is 6.99. The first-order valence-corrected chi connectivity index (χ1v) is 3.38. The molecule has 0 amide bonds. The average Bonchev–Trinajstić information content (AvgIpc) is 1.88. The molecule has 0 spiro atoms. The first-order valence-electron chi connectivity index (χ1n) is 3.38. The Morgan fingerprint density at radius 2 is 2.00 bits per heavy atom. The van der Waals surface area contributed by atoms with E-state index in [1.807, 2.05) is 0 Å². The zero-order valence-electron chi connectivity index (χ0n) is 7.01. The van der Waals surface area contributed by atoms with Gasteiger partial charge in [0.15, 0.2) is 0 Å². The minimum atomic E-state index is 0. The smallest absolute Gasteiger partial charge is 0.0558 e. The number of hydrogen-bond donors (Lipinski definition) is 2. The fraction of sp³-hybridized carbons (Fsp3) is 1.00. The molecule has 0 saturated carbocycles. The summed E-state index contributed by atoms with van der Waals surface area (Å²) in [5, 5.41) is 8.51. The molecular weight excluding hydrogens is 139 g/mol. The van der Waals surface area contributed by atoms with Crippen molar-refractivity contribution >= 4 is 29.6 Å². The van der Waals surface area contributed by atoms with Crippen LogP contribution in [0.25, 0.3) is 0 Å². The Hall–Kier alpha value is 0.880. The van der Waals surface area contributed by atoms with Crippen molar-refractivity contribution in [3.8, 4) is 0 Å². The van der Waals surface area contributed by atoms with Crippen LogP contribution in [0.4, 0.5) is 0 Å². The van der Waals surface area contributed by atoms with Gasteiger partial charge in [0.05, 0.1) is 6.61 Å². The van der Waals surface area contributed by atoms with Crippen LogP contribution in [0.15, 0.2) is 0 Å². The van der Waals surface area contributed by atoms with E-state index in [9.17, 15) is 0 Å². The first kappa shape index (κ1) is 13.5. The van der Waals surface area contributed by atoms with Gasteiger partial charge in [-0.2, -0.15) is 0 Å². The Balaban J connectivity index is 0. The average molecular weight is 155 g/mol. The van der Waals surface area contributed by atoms with Gasteiger partial charge in [0, 0.05) is 49.2 Å². The largest absolute Gasteiger partial charge is 0.395 e. The van der Waals surface area contributed by atoms with Crippen LogP contribution in [0.5, 0.6) is 0 Å². The molecule has 0 aliphatic heterocycles. The van der Waals surface area contributed by atoms with E-state index in [1.165, 1.54) is 0 Å². The van der Waals surface area contributed by atoms with Crippen LogP contribution >= 0.6 is 0 Å². The van der Waals surface area contributed by atoms with Gasteiger partial charge in [0.25, 0.3) is 0 Å². The number of likely N-dealkylation sites (N-methyl/N-ethyl adjacent to an activating group) is 1. The molecule has 0 saturated heterocycles. The zero-order valence-corrected chi connectivity index (χ0v) is 9.01. The second-order valence-electron chi connectivity index (χ2n) is 1.95. The van der Waals surface area contributed by atoms with Gasteiger partial charge in [-0.25, -0.2) is 0 Å². The molecule has 0 unspecified atom stereocenters. The zero-order chi connectivity index (χ0) is 7.11. The number of nitrogens with zero attached hydrogens (tertiary/aromatic N) is 1. The van der Waals surface area contributed by atoms with Crippen LogP contribution < -0.4 is 5.73 Å². The predicted molar refractivity (Wildman–Crippen MR) is 44.0 cm³/mol. The van der Waals surface area contributed by atoms with Crippen LogP contribution in [0.2, 0.25) is 0 Å². The van der Waals surface area contributed by atoms with E-state index in [0.717, 1.165) is 19.6 Å². The summed E-state index contributed by atoms with van der Waals surface area (Å²) in [7, 11) is 0. The van der Waals surface area contributed by atoms with Crippen molar-refractivity contribution < 1.29 is 5.11 Å². The van der Waals surface area contributed by atoms with E-state index in [4.69, 9.17) is 10.8 Å². The normalized spacial score (nSPS) is 9.60. The third-order valence-corrected chi connectivity index (χ3v) is 1.31. The molecule has 0 aliphatic rings. The summed E-state index contributed by atoms with van der Waals surface area (Å²) < 4.78 is 0. The topological polar surface area (TPSA) is 49.5 Å². The van der Waals surface area contributed by atoms with Gasteiger partial charge < -0.3 is 15.7 Å². The number of rotatable bonds is 5. The van der Waals surface area contributed by atoms with Gasteiger partial charge in [-0.3, -0.25) is 0 Å². The summed E-state index contributed by atoms with van der Waals surface area (Å²) in [6.45, 7) is 5.57. The molecule has 0 bridgehead atoms. The van der Waals surface area contributed by atoms with Crippen molar-refractivity contribution in [2.45, 2.75) is 6.92 Å². The van der Waals surface area contributed by atoms with Crippen molar-refractivity contribution in [2.24, 2.45) is 5.73 Å². The van der Waals surface area contributed by atoms with Gasteiger partial charge in [0.1, 0.15) is 0 Å². The van der Waals surface area contributed by atoms with Crippen molar-refractivity contribution in [1.82, 2.24) is 4.90 Å². The number of hydrogen-bond acceptors (Lipinski definition) is 3. The van der Waals surface area contributed by atoms with E-state index in [2.05, 4.69) is 11.8 Å². The van der Waals surface area contributed by atoms with Crippen LogP contribution in [0.3, 0.4) is 0 Å². The summed E-state index contributed by atoms with van der Waals surface area (Å²) in [5.41, 5.74) is 5.31. The summed E-state index contributed by atoms with van der Waals surface area (Å²) in [6, 6.07) is 0. The minimum Gasteiger partial charge on any atom is -0.395 e. The van der Waals surface area contributed by atoms with Crippen molar-refractivity contribution in [1.29, 1.82) is 0 Å². The standard InChI is InChI=1S/C6H16N2O.Na/c1-2-8(4-3-7)5-6-9;/h9H,2-7H2,1H3;. The number of nitrogens with two attached hydrogens (primary N) is 1. The molecule has 3 nitrogen and oxygen atoms in total. The first-order chi connectivity index (χ1) is 4.35. The van der Waals surface area contributed by atoms with E-state index in [1.54, 1.807) is 0 Å². The van der Waals surface area contributed by atoms with Gasteiger partial charge in [-0.15, -0.1) is 0 Å². The molecule has 0 atom stereocenters. The van der Waals surface area contributed by atoms with Gasteiger partial charge in [0.2, 0.25) is 0 Å². The third-order valence-electron chi connectivity index (χ3n) is 1.31. The van der Waals surface area contributed by atoms with Crippen LogP contribution in [0, 0.1) is 0 Å². The van der Waals surface area contributed by atoms with Crippen molar-refractivity contribution in [2.75, 3.05) is 32.8 Å². The van der Waals surface area contributed by atoms with Crippen LogP contribution in [-0.4, -0.2) is 72.3 Å². The second-order valence-corrected chi connectivity index (χ2v) is 1.95. The van der Waals surface area contributed by atoms with Crippen molar-refractivity contribution in [3.63, 3.8) is 0 Å². The molecule has 4 heteroatoms. The molecular formula is C6H16N2NaO. The maximum atomic E-state index is 8.51. The second kappa shape index (κ2) is 9.88. The SMILES string of the molecule is CCN(CCN)CCO.[Na]. The molecule has 0 rings (SSSR count). The molecule has 3 N–H and O–H groups in total. The maximum Gasteiger partial charge on any atom is 0.0558 e. The van der Waals surface area contributed by atoms with E-state index in [0.29, 0.717) is 6.54 Å². The minimum absolute atomic E-state index is 0. The van der Waals surface area contributed by atoms with E-state index >= 15 is 0 Å². The monoisotopic (exact) mass is 155 g/mol. The molecule has 10 heavy (non-hydrogen) atoms. The van der Waals surface area contributed by atoms with E-state index < -0.39 is 0 Å². The van der Waals surface area contributed by atoms with Gasteiger partial charge >= 0.3 is 0 Å². The number of aliphatic hydroxyl groups excluding tert-OH is 1. The molecule has 0 fully saturated rings. The predicted octanol–water partition coefficient (Wildman–Crippen LogP) is -1.12. The Labute approximate surface area is 84.9 Å². The van der Waals surface area contributed by atoms with Gasteiger partial charge in [-0.05, 0) is 6.54 Å². The number of aliphatic hydroxyl groups is 1. The summed E-state index contributed by atoms with van der Waals surface area (Å²) >= 11 is 0. The quantitative estimate of drug-likeness (QED) is 0.494. The molecule has 0 aromatic carbocycles. The van der Waals surface area contributed by atoms with Crippen LogP contribution in [0.1, 0.15) is 6.92 Å². The summed E-state index contributed by atoms with van der Waals surface area (Å²) in [6.07, 6.45) is 0. The Bertz CT molecular complexity index is 57.7. The van der Waals surface area contributed by atoms with E-state index in [-0.39, 0.29) is 36.2 Å². The van der Waals surface area contributed by atoms with Crippen molar-refractivity contribution in [3.05, 3.63) is 0 Å². The maximum absolute atomic E-state index is 8.51. The molecule has 57 valence electrons. The summed E-state index contributed by atoms with van der Waals surface area (Å²) in [5.74, 6) is 0. The molecule has 0 aliphatic carbocycles. The molecule has 1 radical (unpaired) electrons.